The fourth-order valence-corrected chi connectivity index (χ4v) is 2.70. The maximum absolute atomic E-state index is 12.7. The molecule has 7 heteroatoms. The van der Waals surface area contributed by atoms with Gasteiger partial charge in [0.25, 0.3) is 0 Å². The SMILES string of the molecule is COC(=O)C=Cc1cnc(N[C@H](CC(C)C)C(=O)NCCc2ccccc2)cn1. The summed E-state index contributed by atoms with van der Waals surface area (Å²) in [5, 5.41) is 6.16. The summed E-state index contributed by atoms with van der Waals surface area (Å²) in [4.78, 5) is 32.3. The second-order valence-corrected chi connectivity index (χ2v) is 7.04. The van der Waals surface area contributed by atoms with Gasteiger partial charge < -0.3 is 15.4 Å². The average Bonchev–Trinajstić information content (AvgIpc) is 2.72. The van der Waals surface area contributed by atoms with Gasteiger partial charge in [-0.2, -0.15) is 0 Å². The van der Waals surface area contributed by atoms with Crippen LogP contribution in [0.1, 0.15) is 31.5 Å². The summed E-state index contributed by atoms with van der Waals surface area (Å²) in [6.45, 7) is 4.71. The maximum Gasteiger partial charge on any atom is 0.330 e. The molecule has 2 rings (SSSR count). The lowest BCUT2D eigenvalue weighted by atomic mass is 10.0. The van der Waals surface area contributed by atoms with Crippen LogP contribution in [0.15, 0.2) is 48.8 Å². The van der Waals surface area contributed by atoms with E-state index in [-0.39, 0.29) is 5.91 Å². The van der Waals surface area contributed by atoms with Crippen molar-refractivity contribution in [3.05, 3.63) is 60.1 Å². The van der Waals surface area contributed by atoms with Gasteiger partial charge in [-0.1, -0.05) is 44.2 Å². The Labute approximate surface area is 171 Å². The third kappa shape index (κ3) is 8.13. The Kier molecular flexibility index (Phi) is 8.82. The van der Waals surface area contributed by atoms with E-state index in [0.29, 0.717) is 30.4 Å². The van der Waals surface area contributed by atoms with Crippen LogP contribution >= 0.6 is 0 Å². The first kappa shape index (κ1) is 22.1. The van der Waals surface area contributed by atoms with Gasteiger partial charge in [-0.15, -0.1) is 0 Å². The molecule has 0 saturated heterocycles. The van der Waals surface area contributed by atoms with Crippen molar-refractivity contribution < 1.29 is 14.3 Å². The van der Waals surface area contributed by atoms with Gasteiger partial charge in [-0.25, -0.2) is 9.78 Å². The highest BCUT2D eigenvalue weighted by Crippen LogP contribution is 2.11. The number of ether oxygens (including phenoxy) is 1. The van der Waals surface area contributed by atoms with Crippen molar-refractivity contribution in [2.75, 3.05) is 19.0 Å². The lowest BCUT2D eigenvalue weighted by Gasteiger charge is -2.20. The summed E-state index contributed by atoms with van der Waals surface area (Å²) >= 11 is 0. The Hall–Kier alpha value is -3.22. The molecule has 0 bridgehead atoms. The minimum absolute atomic E-state index is 0.0638. The molecule has 1 aromatic heterocycles. The van der Waals surface area contributed by atoms with E-state index in [1.54, 1.807) is 6.20 Å². The van der Waals surface area contributed by atoms with E-state index in [1.165, 1.54) is 31.0 Å². The molecule has 0 aliphatic heterocycles. The lowest BCUT2D eigenvalue weighted by Crippen LogP contribution is -2.41. The zero-order valence-corrected chi connectivity index (χ0v) is 17.1. The summed E-state index contributed by atoms with van der Waals surface area (Å²) in [7, 11) is 1.31. The molecule has 1 amide bonds. The van der Waals surface area contributed by atoms with E-state index in [9.17, 15) is 9.59 Å². The molecule has 0 spiro atoms. The predicted molar refractivity (Wildman–Crippen MR) is 113 cm³/mol. The first-order chi connectivity index (χ1) is 14.0. The van der Waals surface area contributed by atoms with E-state index in [0.717, 1.165) is 6.42 Å². The molecule has 0 aliphatic rings. The molecule has 1 aromatic carbocycles. The minimum Gasteiger partial charge on any atom is -0.466 e. The average molecular weight is 396 g/mol. The van der Waals surface area contributed by atoms with E-state index in [4.69, 9.17) is 0 Å². The topological polar surface area (TPSA) is 93.2 Å². The molecule has 0 fully saturated rings. The van der Waals surface area contributed by atoms with Gasteiger partial charge in [0.15, 0.2) is 0 Å². The highest BCUT2D eigenvalue weighted by atomic mass is 16.5. The Morgan fingerprint density at radius 3 is 2.52 bits per heavy atom. The predicted octanol–water partition coefficient (Wildman–Crippen LogP) is 2.85. The number of benzene rings is 1. The van der Waals surface area contributed by atoms with Crippen LogP contribution in [0.4, 0.5) is 5.82 Å². The van der Waals surface area contributed by atoms with Crippen LogP contribution in [0.2, 0.25) is 0 Å². The molecule has 2 N–H and O–H groups in total. The van der Waals surface area contributed by atoms with E-state index < -0.39 is 12.0 Å². The fraction of sp³-hybridized carbons (Fsp3) is 0.364. The van der Waals surface area contributed by atoms with E-state index >= 15 is 0 Å². The summed E-state index contributed by atoms with van der Waals surface area (Å²) < 4.78 is 4.54. The molecule has 0 unspecified atom stereocenters. The number of carbonyl (C=O) groups is 2. The van der Waals surface area contributed by atoms with Crippen molar-refractivity contribution in [3.63, 3.8) is 0 Å². The number of esters is 1. The van der Waals surface area contributed by atoms with Crippen molar-refractivity contribution in [2.45, 2.75) is 32.7 Å². The summed E-state index contributed by atoms with van der Waals surface area (Å²) in [5.41, 5.74) is 1.70. The lowest BCUT2D eigenvalue weighted by molar-refractivity contribution is -0.134. The van der Waals surface area contributed by atoms with Crippen LogP contribution in [0, 0.1) is 5.92 Å². The third-order valence-electron chi connectivity index (χ3n) is 4.16. The standard InChI is InChI=1S/C22H28N4O3/c1-16(2)13-19(22(28)23-12-11-17-7-5-4-6-8-17)26-20-15-24-18(14-25-20)9-10-21(27)29-3/h4-10,14-16,19H,11-13H2,1-3H3,(H,23,28)(H,25,26)/t19-/m1/s1. The molecular formula is C22H28N4O3. The van der Waals surface area contributed by atoms with Crippen LogP contribution < -0.4 is 10.6 Å². The molecule has 154 valence electrons. The minimum atomic E-state index is -0.460. The number of hydrogen-bond donors (Lipinski definition) is 2. The van der Waals surface area contributed by atoms with Gasteiger partial charge in [0.2, 0.25) is 5.91 Å². The van der Waals surface area contributed by atoms with E-state index in [1.807, 2.05) is 30.3 Å². The Balaban J connectivity index is 1.93. The first-order valence-electron chi connectivity index (χ1n) is 9.64. The number of nitrogens with zero attached hydrogens (tertiary/aromatic N) is 2. The second kappa shape index (κ2) is 11.6. The number of methoxy groups -OCH3 is 1. The van der Waals surface area contributed by atoms with Crippen molar-refractivity contribution in [1.29, 1.82) is 0 Å². The van der Waals surface area contributed by atoms with Gasteiger partial charge in [0.05, 0.1) is 25.2 Å². The normalized spacial score (nSPS) is 12.0. The van der Waals surface area contributed by atoms with Crippen LogP contribution in [-0.2, 0) is 20.7 Å². The monoisotopic (exact) mass is 396 g/mol. The molecule has 7 nitrogen and oxygen atoms in total. The third-order valence-corrected chi connectivity index (χ3v) is 4.16. The van der Waals surface area contributed by atoms with Crippen molar-refractivity contribution in [2.24, 2.45) is 5.92 Å². The quantitative estimate of drug-likeness (QED) is 0.474. The molecule has 2 aromatic rings. The van der Waals surface area contributed by atoms with Crippen molar-refractivity contribution >= 4 is 23.8 Å². The number of hydrogen-bond acceptors (Lipinski definition) is 6. The molecule has 1 atom stereocenters. The van der Waals surface area contributed by atoms with Gasteiger partial charge in [0, 0.05) is 12.6 Å². The molecule has 0 aliphatic carbocycles. The van der Waals surface area contributed by atoms with Gasteiger partial charge in [-0.05, 0) is 30.4 Å². The molecular weight excluding hydrogens is 368 g/mol. The Morgan fingerprint density at radius 2 is 1.90 bits per heavy atom. The van der Waals surface area contributed by atoms with Crippen LogP contribution in [-0.4, -0.2) is 41.5 Å². The maximum atomic E-state index is 12.7. The zero-order valence-electron chi connectivity index (χ0n) is 17.1. The number of carbonyl (C=O) groups excluding carboxylic acids is 2. The van der Waals surface area contributed by atoms with Gasteiger partial charge in [-0.3, -0.25) is 9.78 Å². The van der Waals surface area contributed by atoms with Crippen LogP contribution in [0.3, 0.4) is 0 Å². The molecule has 0 radical (unpaired) electrons. The second-order valence-electron chi connectivity index (χ2n) is 7.04. The van der Waals surface area contributed by atoms with E-state index in [2.05, 4.69) is 39.2 Å². The van der Waals surface area contributed by atoms with Gasteiger partial charge in [0.1, 0.15) is 11.9 Å². The van der Waals surface area contributed by atoms with Crippen molar-refractivity contribution in [1.82, 2.24) is 15.3 Å². The van der Waals surface area contributed by atoms with Crippen LogP contribution in [0.5, 0.6) is 0 Å². The number of anilines is 1. The smallest absolute Gasteiger partial charge is 0.330 e. The van der Waals surface area contributed by atoms with Crippen molar-refractivity contribution in [3.8, 4) is 0 Å². The highest BCUT2D eigenvalue weighted by molar-refractivity contribution is 5.86. The molecule has 1 heterocycles. The Bertz CT molecular complexity index is 805. The molecule has 29 heavy (non-hydrogen) atoms. The number of aromatic nitrogens is 2. The highest BCUT2D eigenvalue weighted by Gasteiger charge is 2.20. The van der Waals surface area contributed by atoms with Gasteiger partial charge >= 0.3 is 5.97 Å². The summed E-state index contributed by atoms with van der Waals surface area (Å²) in [5.74, 6) is 0.316. The van der Waals surface area contributed by atoms with Crippen LogP contribution in [0.25, 0.3) is 6.08 Å². The fourth-order valence-electron chi connectivity index (χ4n) is 2.70. The zero-order chi connectivity index (χ0) is 21.1. The Morgan fingerprint density at radius 1 is 1.14 bits per heavy atom. The molecule has 0 saturated carbocycles. The number of amides is 1. The number of rotatable bonds is 10. The first-order valence-corrected chi connectivity index (χ1v) is 9.64. The largest absolute Gasteiger partial charge is 0.466 e. The summed E-state index contributed by atoms with van der Waals surface area (Å²) in [6, 6.07) is 9.63. The summed E-state index contributed by atoms with van der Waals surface area (Å²) in [6.07, 6.45) is 7.32. The number of nitrogens with one attached hydrogen (secondary N) is 2.